The third-order valence-corrected chi connectivity index (χ3v) is 1.68. The van der Waals surface area contributed by atoms with Gasteiger partial charge in [-0.1, -0.05) is 6.07 Å². The van der Waals surface area contributed by atoms with Crippen LogP contribution in [0.1, 0.15) is 17.7 Å². The van der Waals surface area contributed by atoms with Crippen LogP contribution in [0.25, 0.3) is 0 Å². The zero-order chi connectivity index (χ0) is 8.43. The Morgan fingerprint density at radius 3 is 2.00 bits per heavy atom. The van der Waals surface area contributed by atoms with Gasteiger partial charge in [0.1, 0.15) is 11.6 Å². The maximum Gasteiger partial charge on any atom is 0.130 e. The zero-order valence-electron chi connectivity index (χ0n) is 6.01. The fourth-order valence-electron chi connectivity index (χ4n) is 0.910. The first-order valence-electron chi connectivity index (χ1n) is 3.25. The van der Waals surface area contributed by atoms with E-state index >= 15 is 0 Å². The highest BCUT2D eigenvalue weighted by molar-refractivity contribution is 7.80. The highest BCUT2D eigenvalue weighted by Gasteiger charge is 2.11. The van der Waals surface area contributed by atoms with Gasteiger partial charge in [0.15, 0.2) is 0 Å². The van der Waals surface area contributed by atoms with Crippen LogP contribution in [0.4, 0.5) is 8.78 Å². The van der Waals surface area contributed by atoms with E-state index in [-0.39, 0.29) is 5.56 Å². The molecule has 0 aliphatic carbocycles. The van der Waals surface area contributed by atoms with Crippen LogP contribution in [-0.4, -0.2) is 0 Å². The van der Waals surface area contributed by atoms with Crippen molar-refractivity contribution in [3.8, 4) is 0 Å². The Hall–Kier alpha value is -0.570. The van der Waals surface area contributed by atoms with Crippen LogP contribution in [-0.2, 0) is 0 Å². The lowest BCUT2D eigenvalue weighted by molar-refractivity contribution is 0.557. The lowest BCUT2D eigenvalue weighted by Crippen LogP contribution is -1.94. The molecule has 11 heavy (non-hydrogen) atoms. The Kier molecular flexibility index (Phi) is 2.49. The highest BCUT2D eigenvalue weighted by atomic mass is 32.1. The normalized spacial score (nSPS) is 13.1. The molecule has 0 aliphatic heterocycles. The van der Waals surface area contributed by atoms with E-state index in [1.54, 1.807) is 6.92 Å². The van der Waals surface area contributed by atoms with Gasteiger partial charge < -0.3 is 0 Å². The van der Waals surface area contributed by atoms with E-state index in [1.165, 1.54) is 18.2 Å². The molecule has 0 radical (unpaired) electrons. The molecule has 0 amide bonds. The second-order valence-electron chi connectivity index (χ2n) is 2.31. The fourth-order valence-corrected chi connectivity index (χ4v) is 1.16. The van der Waals surface area contributed by atoms with Crippen LogP contribution >= 0.6 is 12.6 Å². The monoisotopic (exact) mass is 174 g/mol. The van der Waals surface area contributed by atoms with E-state index in [0.717, 1.165) is 0 Å². The van der Waals surface area contributed by atoms with Gasteiger partial charge in [-0.25, -0.2) is 8.78 Å². The molecule has 0 unspecified atom stereocenters. The van der Waals surface area contributed by atoms with E-state index < -0.39 is 16.9 Å². The summed E-state index contributed by atoms with van der Waals surface area (Å²) >= 11 is 3.95. The van der Waals surface area contributed by atoms with Gasteiger partial charge >= 0.3 is 0 Å². The smallest absolute Gasteiger partial charge is 0.130 e. The average Bonchev–Trinajstić information content (AvgIpc) is 1.85. The van der Waals surface area contributed by atoms with Crippen LogP contribution in [0.2, 0.25) is 0 Å². The Morgan fingerprint density at radius 1 is 1.27 bits per heavy atom. The zero-order valence-corrected chi connectivity index (χ0v) is 6.91. The van der Waals surface area contributed by atoms with Crippen molar-refractivity contribution in [3.63, 3.8) is 0 Å². The van der Waals surface area contributed by atoms with Crippen molar-refractivity contribution in [2.75, 3.05) is 0 Å². The van der Waals surface area contributed by atoms with Gasteiger partial charge in [0.2, 0.25) is 0 Å². The van der Waals surface area contributed by atoms with E-state index in [9.17, 15) is 8.78 Å². The van der Waals surface area contributed by atoms with Crippen LogP contribution < -0.4 is 0 Å². The molecule has 1 rings (SSSR count). The first-order chi connectivity index (χ1) is 5.13. The molecule has 0 aliphatic rings. The summed E-state index contributed by atoms with van der Waals surface area (Å²) < 4.78 is 25.6. The molecule has 0 saturated heterocycles. The van der Waals surface area contributed by atoms with E-state index in [1.807, 2.05) is 0 Å². The minimum Gasteiger partial charge on any atom is -0.207 e. The van der Waals surface area contributed by atoms with Gasteiger partial charge in [-0.2, -0.15) is 12.6 Å². The summed E-state index contributed by atoms with van der Waals surface area (Å²) in [5.41, 5.74) is 0.0378. The van der Waals surface area contributed by atoms with Crippen molar-refractivity contribution in [1.82, 2.24) is 0 Å². The Labute approximate surface area is 69.6 Å². The van der Waals surface area contributed by atoms with Crippen molar-refractivity contribution in [1.29, 1.82) is 0 Å². The number of hydrogen-bond donors (Lipinski definition) is 1. The lowest BCUT2D eigenvalue weighted by atomic mass is 10.1. The minimum absolute atomic E-state index is 0.0378. The number of thiol groups is 1. The molecule has 1 atom stereocenters. The van der Waals surface area contributed by atoms with Gasteiger partial charge in [-0.05, 0) is 19.1 Å². The molecule has 3 heteroatoms. The third-order valence-electron chi connectivity index (χ3n) is 1.42. The molecule has 0 fully saturated rings. The number of rotatable bonds is 1. The molecular formula is C8H8F2S. The molecule has 0 bridgehead atoms. The quantitative estimate of drug-likeness (QED) is 0.622. The molecule has 0 saturated carbocycles. The summed E-state index contributed by atoms with van der Waals surface area (Å²) in [6, 6.07) is 3.79. The summed E-state index contributed by atoms with van der Waals surface area (Å²) in [5, 5.41) is -0.406. The average molecular weight is 174 g/mol. The van der Waals surface area contributed by atoms with Crippen molar-refractivity contribution in [2.24, 2.45) is 0 Å². The number of halogens is 2. The summed E-state index contributed by atoms with van der Waals surface area (Å²) in [6.07, 6.45) is 0. The second kappa shape index (κ2) is 3.22. The van der Waals surface area contributed by atoms with Crippen LogP contribution in [0.3, 0.4) is 0 Å². The molecule has 0 aromatic heterocycles. The number of benzene rings is 1. The Morgan fingerprint density at radius 2 is 1.73 bits per heavy atom. The van der Waals surface area contributed by atoms with E-state index in [0.29, 0.717) is 0 Å². The molecular weight excluding hydrogens is 166 g/mol. The van der Waals surface area contributed by atoms with Gasteiger partial charge in [0.25, 0.3) is 0 Å². The highest BCUT2D eigenvalue weighted by Crippen LogP contribution is 2.24. The van der Waals surface area contributed by atoms with Gasteiger partial charge in [-0.15, -0.1) is 0 Å². The molecule has 60 valence electrons. The summed E-state index contributed by atoms with van der Waals surface area (Å²) in [6.45, 7) is 1.63. The molecule has 1 aromatic carbocycles. The van der Waals surface area contributed by atoms with Gasteiger partial charge in [0.05, 0.1) is 0 Å². The first kappa shape index (κ1) is 8.53. The van der Waals surface area contributed by atoms with Crippen LogP contribution in [0.15, 0.2) is 18.2 Å². The van der Waals surface area contributed by atoms with Gasteiger partial charge in [-0.3, -0.25) is 0 Å². The third kappa shape index (κ3) is 1.71. The molecule has 0 spiro atoms. The van der Waals surface area contributed by atoms with Crippen LogP contribution in [0, 0.1) is 11.6 Å². The van der Waals surface area contributed by atoms with Gasteiger partial charge in [0, 0.05) is 10.8 Å². The standard InChI is InChI=1S/C8H8F2S/c1-5(11)8-6(9)3-2-4-7(8)10/h2-5,11H,1H3/t5-/m0/s1. The minimum atomic E-state index is -0.535. The largest absolute Gasteiger partial charge is 0.207 e. The Balaban J connectivity index is 3.21. The lowest BCUT2D eigenvalue weighted by Gasteiger charge is -2.06. The maximum absolute atomic E-state index is 12.8. The molecule has 1 aromatic rings. The maximum atomic E-state index is 12.8. The molecule has 0 N–H and O–H groups in total. The van der Waals surface area contributed by atoms with E-state index in [4.69, 9.17) is 0 Å². The predicted molar refractivity (Wildman–Crippen MR) is 43.8 cm³/mol. The van der Waals surface area contributed by atoms with Crippen molar-refractivity contribution >= 4 is 12.6 Å². The van der Waals surface area contributed by atoms with Crippen molar-refractivity contribution in [2.45, 2.75) is 12.2 Å². The number of hydrogen-bond acceptors (Lipinski definition) is 1. The SMILES string of the molecule is C[C@H](S)c1c(F)cccc1F. The van der Waals surface area contributed by atoms with E-state index in [2.05, 4.69) is 12.6 Å². The molecule has 0 heterocycles. The Bertz CT molecular complexity index is 238. The predicted octanol–water partition coefficient (Wildman–Crippen LogP) is 2.96. The summed E-state index contributed by atoms with van der Waals surface area (Å²) in [7, 11) is 0. The fraction of sp³-hybridized carbons (Fsp3) is 0.250. The van der Waals surface area contributed by atoms with Crippen molar-refractivity contribution < 1.29 is 8.78 Å². The topological polar surface area (TPSA) is 0 Å². The second-order valence-corrected chi connectivity index (χ2v) is 3.09. The summed E-state index contributed by atoms with van der Waals surface area (Å²) in [4.78, 5) is 0. The van der Waals surface area contributed by atoms with Crippen molar-refractivity contribution in [3.05, 3.63) is 35.4 Å². The summed E-state index contributed by atoms with van der Waals surface area (Å²) in [5.74, 6) is -1.07. The van der Waals surface area contributed by atoms with Crippen LogP contribution in [0.5, 0.6) is 0 Å². The molecule has 0 nitrogen and oxygen atoms in total. The first-order valence-corrected chi connectivity index (χ1v) is 3.76.